The molecular formula is C15H14N6OS. The van der Waals surface area contributed by atoms with Crippen LogP contribution in [0.15, 0.2) is 52.9 Å². The molecule has 7 nitrogen and oxygen atoms in total. The zero-order chi connectivity index (χ0) is 15.5. The lowest BCUT2D eigenvalue weighted by Gasteiger charge is -2.09. The van der Waals surface area contributed by atoms with Gasteiger partial charge < -0.3 is 4.74 Å². The van der Waals surface area contributed by atoms with Crippen LogP contribution in [0.25, 0.3) is 11.3 Å². The second-order valence-corrected chi connectivity index (χ2v) is 6.12. The van der Waals surface area contributed by atoms with Gasteiger partial charge in [-0.1, -0.05) is 30.3 Å². The van der Waals surface area contributed by atoms with Crippen molar-refractivity contribution < 1.29 is 4.74 Å². The number of hydrogen-bond donors (Lipinski definition) is 0. The van der Waals surface area contributed by atoms with E-state index in [4.69, 9.17) is 4.74 Å². The molecule has 3 aromatic rings. The minimum atomic E-state index is 0.197. The predicted octanol–water partition coefficient (Wildman–Crippen LogP) is 2.24. The minimum Gasteiger partial charge on any atom is -0.379 e. The first-order chi connectivity index (χ1) is 11.4. The van der Waals surface area contributed by atoms with Gasteiger partial charge in [0, 0.05) is 12.2 Å². The monoisotopic (exact) mass is 326 g/mol. The van der Waals surface area contributed by atoms with E-state index in [1.807, 2.05) is 41.1 Å². The summed E-state index contributed by atoms with van der Waals surface area (Å²) in [4.78, 5) is 8.66. The average molecular weight is 326 g/mol. The van der Waals surface area contributed by atoms with E-state index in [1.54, 1.807) is 6.33 Å². The number of aromatic nitrogens is 6. The van der Waals surface area contributed by atoms with Gasteiger partial charge >= 0.3 is 0 Å². The minimum absolute atomic E-state index is 0.197. The Morgan fingerprint density at radius 1 is 1.17 bits per heavy atom. The van der Waals surface area contributed by atoms with Crippen molar-refractivity contribution >= 4 is 11.8 Å². The van der Waals surface area contributed by atoms with E-state index < -0.39 is 0 Å². The van der Waals surface area contributed by atoms with Crippen LogP contribution in [0.4, 0.5) is 0 Å². The highest BCUT2D eigenvalue weighted by atomic mass is 32.2. The van der Waals surface area contributed by atoms with Crippen molar-refractivity contribution in [3.05, 3.63) is 42.7 Å². The molecule has 1 aliphatic rings. The second-order valence-electron chi connectivity index (χ2n) is 5.13. The summed E-state index contributed by atoms with van der Waals surface area (Å²) < 4.78 is 7.23. The van der Waals surface area contributed by atoms with Crippen LogP contribution in [0.1, 0.15) is 12.5 Å². The predicted molar refractivity (Wildman–Crippen MR) is 83.9 cm³/mol. The molecular weight excluding hydrogens is 312 g/mol. The van der Waals surface area contributed by atoms with E-state index in [2.05, 4.69) is 25.5 Å². The van der Waals surface area contributed by atoms with Crippen molar-refractivity contribution in [1.82, 2.24) is 30.2 Å². The number of nitrogens with zero attached hydrogens (tertiary/aromatic N) is 6. The zero-order valence-electron chi connectivity index (χ0n) is 12.2. The molecule has 0 N–H and O–H groups in total. The number of hydrogen-bond acceptors (Lipinski definition) is 7. The van der Waals surface area contributed by atoms with Crippen molar-refractivity contribution in [2.24, 2.45) is 0 Å². The number of rotatable bonds is 4. The SMILES string of the molecule is c1ccc(-c2cc(Sc3nnnn3C3CCOC3)ncn2)cc1. The highest BCUT2D eigenvalue weighted by Gasteiger charge is 2.23. The van der Waals surface area contributed by atoms with Crippen LogP contribution in [0.3, 0.4) is 0 Å². The second kappa shape index (κ2) is 6.43. The van der Waals surface area contributed by atoms with Gasteiger partial charge in [0.2, 0.25) is 5.16 Å². The third-order valence-electron chi connectivity index (χ3n) is 3.62. The van der Waals surface area contributed by atoms with E-state index >= 15 is 0 Å². The van der Waals surface area contributed by atoms with Gasteiger partial charge in [0.1, 0.15) is 11.4 Å². The molecule has 1 saturated heterocycles. The molecule has 0 saturated carbocycles. The number of benzene rings is 1. The highest BCUT2D eigenvalue weighted by molar-refractivity contribution is 7.99. The largest absolute Gasteiger partial charge is 0.379 e. The van der Waals surface area contributed by atoms with E-state index in [9.17, 15) is 0 Å². The fourth-order valence-corrected chi connectivity index (χ4v) is 3.27. The van der Waals surface area contributed by atoms with Crippen LogP contribution in [0.5, 0.6) is 0 Å². The van der Waals surface area contributed by atoms with E-state index in [0.29, 0.717) is 6.61 Å². The molecule has 0 bridgehead atoms. The van der Waals surface area contributed by atoms with E-state index in [-0.39, 0.29) is 6.04 Å². The molecule has 4 rings (SSSR count). The Morgan fingerprint density at radius 2 is 2.09 bits per heavy atom. The smallest absolute Gasteiger partial charge is 0.215 e. The molecule has 0 aliphatic carbocycles. The lowest BCUT2D eigenvalue weighted by Crippen LogP contribution is -2.11. The van der Waals surface area contributed by atoms with Gasteiger partial charge in [-0.15, -0.1) is 5.10 Å². The third kappa shape index (κ3) is 3.08. The first kappa shape index (κ1) is 14.3. The Kier molecular flexibility index (Phi) is 3.99. The van der Waals surface area contributed by atoms with Crippen molar-refractivity contribution in [2.45, 2.75) is 22.6 Å². The molecule has 1 fully saturated rings. The molecule has 1 unspecified atom stereocenters. The fourth-order valence-electron chi connectivity index (χ4n) is 2.45. The standard InChI is InChI=1S/C15H14N6OS/c1-2-4-11(5-3-1)13-8-14(17-10-16-13)23-15-18-19-20-21(15)12-6-7-22-9-12/h1-5,8,10,12H,6-7,9H2. The summed E-state index contributed by atoms with van der Waals surface area (Å²) >= 11 is 1.44. The van der Waals surface area contributed by atoms with Gasteiger partial charge in [-0.2, -0.15) is 0 Å². The maximum Gasteiger partial charge on any atom is 0.215 e. The maximum atomic E-state index is 5.41. The summed E-state index contributed by atoms with van der Waals surface area (Å²) in [7, 11) is 0. The van der Waals surface area contributed by atoms with Gasteiger partial charge in [-0.25, -0.2) is 14.6 Å². The molecule has 3 heterocycles. The van der Waals surface area contributed by atoms with Crippen LogP contribution in [-0.2, 0) is 4.74 Å². The molecule has 0 radical (unpaired) electrons. The van der Waals surface area contributed by atoms with Crippen LogP contribution in [0, 0.1) is 0 Å². The van der Waals surface area contributed by atoms with Crippen molar-refractivity contribution in [2.75, 3.05) is 13.2 Å². The normalized spacial score (nSPS) is 17.5. The molecule has 1 aliphatic heterocycles. The Hall–Kier alpha value is -2.32. The van der Waals surface area contributed by atoms with Crippen LogP contribution >= 0.6 is 11.8 Å². The Balaban J connectivity index is 1.59. The van der Waals surface area contributed by atoms with Gasteiger partial charge in [-0.05, 0) is 34.7 Å². The zero-order valence-corrected chi connectivity index (χ0v) is 13.1. The average Bonchev–Trinajstić information content (AvgIpc) is 3.27. The van der Waals surface area contributed by atoms with Gasteiger partial charge in [0.05, 0.1) is 18.3 Å². The maximum absolute atomic E-state index is 5.41. The lowest BCUT2D eigenvalue weighted by molar-refractivity contribution is 0.182. The lowest BCUT2D eigenvalue weighted by atomic mass is 10.1. The van der Waals surface area contributed by atoms with Crippen LogP contribution < -0.4 is 0 Å². The summed E-state index contributed by atoms with van der Waals surface area (Å²) in [5, 5.41) is 13.5. The highest BCUT2D eigenvalue weighted by Crippen LogP contribution is 2.29. The summed E-state index contributed by atoms with van der Waals surface area (Å²) in [5.41, 5.74) is 1.94. The Morgan fingerprint density at radius 3 is 2.91 bits per heavy atom. The van der Waals surface area contributed by atoms with Crippen LogP contribution in [0.2, 0.25) is 0 Å². The third-order valence-corrected chi connectivity index (χ3v) is 4.51. The molecule has 0 spiro atoms. The first-order valence-electron chi connectivity index (χ1n) is 7.31. The number of ether oxygens (including phenoxy) is 1. The van der Waals surface area contributed by atoms with Gasteiger partial charge in [-0.3, -0.25) is 0 Å². The first-order valence-corrected chi connectivity index (χ1v) is 8.13. The summed E-state index contributed by atoms with van der Waals surface area (Å²) in [6.45, 7) is 1.40. The molecule has 8 heteroatoms. The fraction of sp³-hybridized carbons (Fsp3) is 0.267. The van der Waals surface area contributed by atoms with Crippen LogP contribution in [-0.4, -0.2) is 43.4 Å². The van der Waals surface area contributed by atoms with Crippen molar-refractivity contribution in [3.63, 3.8) is 0 Å². The summed E-state index contributed by atoms with van der Waals surface area (Å²) in [5.74, 6) is 0. The molecule has 2 aromatic heterocycles. The van der Waals surface area contributed by atoms with Gasteiger partial charge in [0.25, 0.3) is 0 Å². The quantitative estimate of drug-likeness (QED) is 0.680. The Labute approximate surface area is 137 Å². The molecule has 1 aromatic carbocycles. The molecule has 0 amide bonds. The Bertz CT molecular complexity index is 787. The molecule has 1 atom stereocenters. The summed E-state index contributed by atoms with van der Waals surface area (Å²) in [6.07, 6.45) is 2.50. The van der Waals surface area contributed by atoms with Gasteiger partial charge in [0.15, 0.2) is 0 Å². The van der Waals surface area contributed by atoms with Crippen molar-refractivity contribution in [3.8, 4) is 11.3 Å². The summed E-state index contributed by atoms with van der Waals surface area (Å²) in [6, 6.07) is 12.2. The van der Waals surface area contributed by atoms with E-state index in [1.165, 1.54) is 11.8 Å². The molecule has 23 heavy (non-hydrogen) atoms. The topological polar surface area (TPSA) is 78.6 Å². The van der Waals surface area contributed by atoms with Crippen molar-refractivity contribution in [1.29, 1.82) is 0 Å². The number of tetrazole rings is 1. The molecule has 116 valence electrons. The van der Waals surface area contributed by atoms with E-state index in [0.717, 1.165) is 34.5 Å².